The van der Waals surface area contributed by atoms with Crippen LogP contribution in [0.3, 0.4) is 0 Å². The number of morpholine rings is 1. The summed E-state index contributed by atoms with van der Waals surface area (Å²) in [7, 11) is 1.53. The summed E-state index contributed by atoms with van der Waals surface area (Å²) in [6, 6.07) is 11.7. The van der Waals surface area contributed by atoms with Crippen molar-refractivity contribution in [1.82, 2.24) is 9.80 Å². The highest BCUT2D eigenvalue weighted by Gasteiger charge is 2.46. The molecule has 36 heavy (non-hydrogen) atoms. The van der Waals surface area contributed by atoms with Gasteiger partial charge in [0.05, 0.1) is 31.9 Å². The van der Waals surface area contributed by atoms with Gasteiger partial charge < -0.3 is 24.2 Å². The molecule has 1 unspecified atom stereocenters. The molecule has 1 atom stereocenters. The molecule has 1 amide bonds. The van der Waals surface area contributed by atoms with Gasteiger partial charge in [0.15, 0.2) is 11.5 Å². The first-order valence-corrected chi connectivity index (χ1v) is 12.0. The zero-order valence-electron chi connectivity index (χ0n) is 20.7. The van der Waals surface area contributed by atoms with E-state index in [9.17, 15) is 14.7 Å². The fourth-order valence-corrected chi connectivity index (χ4v) is 4.52. The van der Waals surface area contributed by atoms with Crippen molar-refractivity contribution in [2.45, 2.75) is 13.0 Å². The first-order valence-electron chi connectivity index (χ1n) is 12.0. The molecule has 2 heterocycles. The van der Waals surface area contributed by atoms with Crippen LogP contribution in [0.5, 0.6) is 11.5 Å². The van der Waals surface area contributed by atoms with Crippen molar-refractivity contribution in [1.29, 1.82) is 0 Å². The van der Waals surface area contributed by atoms with Crippen LogP contribution >= 0.6 is 0 Å². The fraction of sp³-hybridized carbons (Fsp3) is 0.357. The number of likely N-dealkylation sites (tertiary alicyclic amines) is 1. The Morgan fingerprint density at radius 3 is 2.50 bits per heavy atom. The summed E-state index contributed by atoms with van der Waals surface area (Å²) in [4.78, 5) is 30.3. The Balaban J connectivity index is 1.76. The van der Waals surface area contributed by atoms with Crippen LogP contribution in [0.1, 0.15) is 22.7 Å². The lowest BCUT2D eigenvalue weighted by atomic mass is 9.94. The number of hydrogen-bond acceptors (Lipinski definition) is 7. The van der Waals surface area contributed by atoms with E-state index in [2.05, 4.69) is 11.5 Å². The lowest BCUT2D eigenvalue weighted by Gasteiger charge is -2.31. The van der Waals surface area contributed by atoms with Crippen LogP contribution in [-0.2, 0) is 14.3 Å². The second-order valence-corrected chi connectivity index (χ2v) is 8.82. The van der Waals surface area contributed by atoms with Gasteiger partial charge in [0.25, 0.3) is 11.7 Å². The van der Waals surface area contributed by atoms with Crippen LogP contribution in [0.25, 0.3) is 5.76 Å². The third-order valence-electron chi connectivity index (χ3n) is 6.49. The lowest BCUT2D eigenvalue weighted by Crippen LogP contribution is -2.42. The molecule has 0 saturated carbocycles. The Hall–Kier alpha value is -3.62. The van der Waals surface area contributed by atoms with Crippen molar-refractivity contribution in [3.05, 3.63) is 77.4 Å². The summed E-state index contributed by atoms with van der Waals surface area (Å²) in [5, 5.41) is 11.2. The maximum absolute atomic E-state index is 13.3. The number of aliphatic hydroxyl groups is 1. The van der Waals surface area contributed by atoms with Crippen molar-refractivity contribution in [3.63, 3.8) is 0 Å². The van der Waals surface area contributed by atoms with Crippen LogP contribution in [0.2, 0.25) is 0 Å². The molecular weight excluding hydrogens is 460 g/mol. The van der Waals surface area contributed by atoms with Crippen molar-refractivity contribution >= 4 is 17.4 Å². The molecule has 4 rings (SSSR count). The van der Waals surface area contributed by atoms with Gasteiger partial charge in [0, 0.05) is 31.7 Å². The van der Waals surface area contributed by atoms with Crippen LogP contribution < -0.4 is 9.47 Å². The molecule has 0 spiro atoms. The summed E-state index contributed by atoms with van der Waals surface area (Å²) in [5.41, 5.74) is 2.21. The number of nitrogens with zero attached hydrogens (tertiary/aromatic N) is 2. The summed E-state index contributed by atoms with van der Waals surface area (Å²) in [6.45, 7) is 9.64. The number of carbonyl (C=O) groups is 2. The Kier molecular flexibility index (Phi) is 8.07. The Morgan fingerprint density at radius 1 is 1.11 bits per heavy atom. The Morgan fingerprint density at radius 2 is 1.83 bits per heavy atom. The highest BCUT2D eigenvalue weighted by molar-refractivity contribution is 6.46. The summed E-state index contributed by atoms with van der Waals surface area (Å²) < 4.78 is 16.6. The fourth-order valence-electron chi connectivity index (χ4n) is 4.52. The van der Waals surface area contributed by atoms with Crippen molar-refractivity contribution < 1.29 is 28.9 Å². The molecule has 190 valence electrons. The lowest BCUT2D eigenvalue weighted by molar-refractivity contribution is -0.140. The number of carbonyl (C=O) groups excluding carboxylic acids is 2. The van der Waals surface area contributed by atoms with E-state index in [0.717, 1.165) is 18.7 Å². The number of rotatable bonds is 9. The molecule has 2 saturated heterocycles. The summed E-state index contributed by atoms with van der Waals surface area (Å²) in [6.07, 6.45) is 1.63. The van der Waals surface area contributed by atoms with E-state index in [-0.39, 0.29) is 11.3 Å². The van der Waals surface area contributed by atoms with E-state index in [4.69, 9.17) is 14.2 Å². The van der Waals surface area contributed by atoms with Crippen LogP contribution in [0.4, 0.5) is 0 Å². The summed E-state index contributed by atoms with van der Waals surface area (Å²) in [5.74, 6) is -0.551. The molecular formula is C28H32N2O6. The van der Waals surface area contributed by atoms with Crippen LogP contribution in [-0.4, -0.2) is 79.7 Å². The molecule has 0 aromatic heterocycles. The standard InChI is InChI=1S/C28H32N2O6/c1-4-15-36-22-10-9-21(18-23(22)34-3)25-24(26(31)20-7-5-19(2)6-8-20)27(32)28(33)30(25)12-11-29-13-16-35-17-14-29/h4-10,18,25,31H,1,11-17H2,2-3H3/b26-24-. The normalized spacial score (nSPS) is 19.9. The first-order chi connectivity index (χ1) is 17.4. The molecule has 0 radical (unpaired) electrons. The molecule has 2 aromatic rings. The average molecular weight is 493 g/mol. The van der Waals surface area contributed by atoms with E-state index in [0.29, 0.717) is 55.5 Å². The minimum absolute atomic E-state index is 0.0626. The largest absolute Gasteiger partial charge is 0.507 e. The molecule has 8 nitrogen and oxygen atoms in total. The van der Waals surface area contributed by atoms with Gasteiger partial charge in [-0.05, 0) is 24.6 Å². The van der Waals surface area contributed by atoms with Crippen molar-refractivity contribution in [2.75, 3.05) is 53.1 Å². The number of Topliss-reactive ketones (excluding diaryl/α,β-unsaturated/α-hetero) is 1. The molecule has 2 fully saturated rings. The smallest absolute Gasteiger partial charge is 0.295 e. The van der Waals surface area contributed by atoms with Gasteiger partial charge in [-0.3, -0.25) is 14.5 Å². The molecule has 1 N–H and O–H groups in total. The second kappa shape index (κ2) is 11.4. The third-order valence-corrected chi connectivity index (χ3v) is 6.49. The maximum Gasteiger partial charge on any atom is 0.295 e. The molecule has 2 aliphatic heterocycles. The molecule has 2 aromatic carbocycles. The van der Waals surface area contributed by atoms with Gasteiger partial charge in [-0.15, -0.1) is 0 Å². The first kappa shape index (κ1) is 25.5. The van der Waals surface area contributed by atoms with Gasteiger partial charge in [0.2, 0.25) is 0 Å². The number of hydrogen-bond donors (Lipinski definition) is 1. The molecule has 0 aliphatic carbocycles. The molecule has 8 heteroatoms. The number of aliphatic hydroxyl groups excluding tert-OH is 1. The Labute approximate surface area is 211 Å². The van der Waals surface area contributed by atoms with Gasteiger partial charge >= 0.3 is 0 Å². The zero-order valence-corrected chi connectivity index (χ0v) is 20.7. The van der Waals surface area contributed by atoms with E-state index in [1.54, 1.807) is 36.4 Å². The Bertz CT molecular complexity index is 1150. The zero-order chi connectivity index (χ0) is 25.7. The number of amides is 1. The highest BCUT2D eigenvalue weighted by Crippen LogP contribution is 2.42. The minimum Gasteiger partial charge on any atom is -0.507 e. The number of benzene rings is 2. The van der Waals surface area contributed by atoms with Gasteiger partial charge in [0.1, 0.15) is 12.4 Å². The number of aryl methyl sites for hydroxylation is 1. The van der Waals surface area contributed by atoms with Crippen molar-refractivity contribution in [3.8, 4) is 11.5 Å². The van der Waals surface area contributed by atoms with E-state index in [1.165, 1.54) is 12.0 Å². The quantitative estimate of drug-likeness (QED) is 0.249. The number of ketones is 1. The van der Waals surface area contributed by atoms with Gasteiger partial charge in [-0.25, -0.2) is 0 Å². The SMILES string of the molecule is C=CCOc1ccc(C2/C(=C(/O)c3ccc(C)cc3)C(=O)C(=O)N2CCN2CCOCC2)cc1OC. The summed E-state index contributed by atoms with van der Waals surface area (Å²) >= 11 is 0. The minimum atomic E-state index is -0.769. The number of methoxy groups -OCH3 is 1. The van der Waals surface area contributed by atoms with Crippen molar-refractivity contribution in [2.24, 2.45) is 0 Å². The number of ether oxygens (including phenoxy) is 3. The van der Waals surface area contributed by atoms with Gasteiger partial charge in [-0.1, -0.05) is 48.6 Å². The third kappa shape index (κ3) is 5.29. The highest BCUT2D eigenvalue weighted by atomic mass is 16.5. The molecule has 0 bridgehead atoms. The monoisotopic (exact) mass is 492 g/mol. The predicted octanol–water partition coefficient (Wildman–Crippen LogP) is 3.32. The van der Waals surface area contributed by atoms with Gasteiger partial charge in [-0.2, -0.15) is 0 Å². The van der Waals surface area contributed by atoms with Crippen LogP contribution in [0, 0.1) is 6.92 Å². The van der Waals surface area contributed by atoms with Crippen LogP contribution in [0.15, 0.2) is 60.7 Å². The average Bonchev–Trinajstić information content (AvgIpc) is 3.16. The molecule has 2 aliphatic rings. The predicted molar refractivity (Wildman–Crippen MR) is 136 cm³/mol. The van der Waals surface area contributed by atoms with E-state index >= 15 is 0 Å². The topological polar surface area (TPSA) is 88.5 Å². The van der Waals surface area contributed by atoms with E-state index < -0.39 is 17.7 Å². The second-order valence-electron chi connectivity index (χ2n) is 8.82. The maximum atomic E-state index is 13.3. The van der Waals surface area contributed by atoms with E-state index in [1.807, 2.05) is 19.1 Å².